The molecule has 122 valence electrons. The number of thiazole rings is 1. The van der Waals surface area contributed by atoms with Crippen molar-refractivity contribution < 1.29 is 4.79 Å². The largest absolute Gasteiger partial charge is 0.335 e. The van der Waals surface area contributed by atoms with E-state index in [1.807, 2.05) is 53.0 Å². The van der Waals surface area contributed by atoms with Gasteiger partial charge in [-0.1, -0.05) is 30.3 Å². The lowest BCUT2D eigenvalue weighted by Gasteiger charge is -2.23. The number of rotatable bonds is 4. The van der Waals surface area contributed by atoms with Crippen molar-refractivity contribution in [3.8, 4) is 10.6 Å². The number of hydrogen-bond donors (Lipinski definition) is 1. The minimum Gasteiger partial charge on any atom is -0.335 e. The van der Waals surface area contributed by atoms with Crippen molar-refractivity contribution in [2.75, 3.05) is 6.54 Å². The molecule has 3 heterocycles. The number of aromatic amines is 1. The van der Waals surface area contributed by atoms with Gasteiger partial charge in [-0.05, 0) is 12.8 Å². The average Bonchev–Trinajstić information content (AvgIpc) is 3.36. The summed E-state index contributed by atoms with van der Waals surface area (Å²) in [7, 11) is 0. The average molecular weight is 338 g/mol. The van der Waals surface area contributed by atoms with Gasteiger partial charge >= 0.3 is 0 Å². The number of H-pyrrole nitrogens is 1. The Balaban J connectivity index is 1.47. The summed E-state index contributed by atoms with van der Waals surface area (Å²) in [5, 5.41) is 9.80. The van der Waals surface area contributed by atoms with Crippen molar-refractivity contribution in [1.82, 2.24) is 20.1 Å². The van der Waals surface area contributed by atoms with Gasteiger partial charge in [0.05, 0.1) is 24.4 Å². The molecule has 0 radical (unpaired) electrons. The minimum absolute atomic E-state index is 0.142. The summed E-state index contributed by atoms with van der Waals surface area (Å²) in [5.41, 5.74) is 3.03. The fourth-order valence-electron chi connectivity index (χ4n) is 3.21. The van der Waals surface area contributed by atoms with Gasteiger partial charge in [-0.25, -0.2) is 4.98 Å². The first-order valence-electron chi connectivity index (χ1n) is 8.09. The normalized spacial score (nSPS) is 17.3. The predicted octanol–water partition coefficient (Wildman–Crippen LogP) is 3.44. The topological polar surface area (TPSA) is 61.9 Å². The van der Waals surface area contributed by atoms with Crippen molar-refractivity contribution in [3.63, 3.8) is 0 Å². The molecule has 24 heavy (non-hydrogen) atoms. The van der Waals surface area contributed by atoms with Crippen LogP contribution in [0.4, 0.5) is 0 Å². The molecule has 1 fully saturated rings. The van der Waals surface area contributed by atoms with Crippen LogP contribution in [0.1, 0.15) is 30.1 Å². The maximum absolute atomic E-state index is 12.7. The van der Waals surface area contributed by atoms with Gasteiger partial charge < -0.3 is 4.90 Å². The monoisotopic (exact) mass is 338 g/mol. The highest BCUT2D eigenvalue weighted by Gasteiger charge is 2.30. The third-order valence-corrected chi connectivity index (χ3v) is 5.32. The quantitative estimate of drug-likeness (QED) is 0.793. The maximum atomic E-state index is 12.7. The third kappa shape index (κ3) is 2.97. The first-order valence-corrected chi connectivity index (χ1v) is 8.97. The molecule has 1 aliphatic heterocycles. The molecule has 5 nitrogen and oxygen atoms in total. The Kier molecular flexibility index (Phi) is 4.13. The molecule has 1 atom stereocenters. The van der Waals surface area contributed by atoms with Crippen LogP contribution in [0.25, 0.3) is 10.6 Å². The van der Waals surface area contributed by atoms with Gasteiger partial charge in [0.2, 0.25) is 5.91 Å². The van der Waals surface area contributed by atoms with E-state index in [1.165, 1.54) is 0 Å². The molecule has 1 aliphatic rings. The SMILES string of the molecule is O=C(Cc1csc(-c2ccccc2)n1)N1CCC[C@H]1c1cn[nH]c1. The number of amides is 1. The van der Waals surface area contributed by atoms with Crippen LogP contribution in [0.2, 0.25) is 0 Å². The summed E-state index contributed by atoms with van der Waals surface area (Å²) in [5.74, 6) is 0.142. The molecule has 0 aliphatic carbocycles. The van der Waals surface area contributed by atoms with Crippen LogP contribution in [-0.4, -0.2) is 32.5 Å². The highest BCUT2D eigenvalue weighted by atomic mass is 32.1. The number of benzene rings is 1. The molecule has 4 rings (SSSR count). The number of hydrogen-bond acceptors (Lipinski definition) is 4. The van der Waals surface area contributed by atoms with Gasteiger partial charge in [0.15, 0.2) is 0 Å². The van der Waals surface area contributed by atoms with E-state index in [2.05, 4.69) is 15.2 Å². The standard InChI is InChI=1S/C18H18N4OS/c23-17(22-8-4-7-16(22)14-10-19-20-11-14)9-15-12-24-18(21-15)13-5-2-1-3-6-13/h1-3,5-6,10-12,16H,4,7-9H2,(H,19,20)/t16-/m0/s1. The summed E-state index contributed by atoms with van der Waals surface area (Å²) >= 11 is 1.59. The Morgan fingerprint density at radius 3 is 3.00 bits per heavy atom. The third-order valence-electron chi connectivity index (χ3n) is 4.38. The van der Waals surface area contributed by atoms with Crippen LogP contribution in [0.5, 0.6) is 0 Å². The lowest BCUT2D eigenvalue weighted by Crippen LogP contribution is -2.31. The van der Waals surface area contributed by atoms with Gasteiger partial charge in [0, 0.05) is 29.2 Å². The van der Waals surface area contributed by atoms with Crippen molar-refractivity contribution in [3.05, 3.63) is 59.4 Å². The molecular weight excluding hydrogens is 320 g/mol. The Hall–Kier alpha value is -2.47. The highest BCUT2D eigenvalue weighted by molar-refractivity contribution is 7.13. The Morgan fingerprint density at radius 1 is 1.33 bits per heavy atom. The molecule has 6 heteroatoms. The number of likely N-dealkylation sites (tertiary alicyclic amines) is 1. The molecule has 1 amide bonds. The Bertz CT molecular complexity index is 813. The number of carbonyl (C=O) groups excluding carboxylic acids is 1. The molecule has 2 aromatic heterocycles. The maximum Gasteiger partial charge on any atom is 0.229 e. The van der Waals surface area contributed by atoms with E-state index in [4.69, 9.17) is 0 Å². The van der Waals surface area contributed by atoms with Crippen LogP contribution in [0.3, 0.4) is 0 Å². The minimum atomic E-state index is 0.142. The first kappa shape index (κ1) is 15.1. The summed E-state index contributed by atoms with van der Waals surface area (Å²) < 4.78 is 0. The highest BCUT2D eigenvalue weighted by Crippen LogP contribution is 2.32. The van der Waals surface area contributed by atoms with E-state index in [0.29, 0.717) is 6.42 Å². The molecule has 1 saturated heterocycles. The molecule has 1 N–H and O–H groups in total. The second-order valence-corrected chi connectivity index (χ2v) is 6.82. The number of carbonyl (C=O) groups is 1. The predicted molar refractivity (Wildman–Crippen MR) is 93.5 cm³/mol. The van der Waals surface area contributed by atoms with Gasteiger partial charge in [0.25, 0.3) is 0 Å². The van der Waals surface area contributed by atoms with Gasteiger partial charge in [-0.15, -0.1) is 11.3 Å². The summed E-state index contributed by atoms with van der Waals surface area (Å²) in [6, 6.07) is 10.2. The van der Waals surface area contributed by atoms with E-state index in [1.54, 1.807) is 11.3 Å². The number of aromatic nitrogens is 3. The van der Waals surface area contributed by atoms with E-state index >= 15 is 0 Å². The zero-order chi connectivity index (χ0) is 16.4. The van der Waals surface area contributed by atoms with Crippen molar-refractivity contribution in [2.24, 2.45) is 0 Å². The van der Waals surface area contributed by atoms with E-state index < -0.39 is 0 Å². The second kappa shape index (κ2) is 6.57. The zero-order valence-corrected chi connectivity index (χ0v) is 14.0. The fourth-order valence-corrected chi connectivity index (χ4v) is 4.04. The molecular formula is C18H18N4OS. The van der Waals surface area contributed by atoms with Crippen LogP contribution >= 0.6 is 11.3 Å². The van der Waals surface area contributed by atoms with E-state index in [0.717, 1.165) is 41.2 Å². The molecule has 1 aromatic carbocycles. The lowest BCUT2D eigenvalue weighted by molar-refractivity contribution is -0.131. The Labute approximate surface area is 144 Å². The first-order chi connectivity index (χ1) is 11.8. The molecule has 0 spiro atoms. The summed E-state index contributed by atoms with van der Waals surface area (Å²) in [6.07, 6.45) is 6.09. The van der Waals surface area contributed by atoms with Crippen LogP contribution in [0.15, 0.2) is 48.1 Å². The molecule has 0 unspecified atom stereocenters. The van der Waals surface area contributed by atoms with Crippen molar-refractivity contribution >= 4 is 17.2 Å². The van der Waals surface area contributed by atoms with Gasteiger partial charge in [-0.3, -0.25) is 9.89 Å². The summed E-state index contributed by atoms with van der Waals surface area (Å²) in [4.78, 5) is 19.3. The summed E-state index contributed by atoms with van der Waals surface area (Å²) in [6.45, 7) is 0.810. The molecule has 0 bridgehead atoms. The molecule has 3 aromatic rings. The van der Waals surface area contributed by atoms with Gasteiger partial charge in [-0.2, -0.15) is 5.10 Å². The van der Waals surface area contributed by atoms with Crippen LogP contribution in [-0.2, 0) is 11.2 Å². The van der Waals surface area contributed by atoms with Crippen molar-refractivity contribution in [1.29, 1.82) is 0 Å². The zero-order valence-electron chi connectivity index (χ0n) is 13.2. The van der Waals surface area contributed by atoms with Crippen LogP contribution < -0.4 is 0 Å². The van der Waals surface area contributed by atoms with E-state index in [-0.39, 0.29) is 11.9 Å². The van der Waals surface area contributed by atoms with Gasteiger partial charge in [0.1, 0.15) is 5.01 Å². The number of nitrogens with zero attached hydrogens (tertiary/aromatic N) is 3. The van der Waals surface area contributed by atoms with Crippen molar-refractivity contribution in [2.45, 2.75) is 25.3 Å². The number of nitrogens with one attached hydrogen (secondary N) is 1. The Morgan fingerprint density at radius 2 is 2.21 bits per heavy atom. The second-order valence-electron chi connectivity index (χ2n) is 5.96. The van der Waals surface area contributed by atoms with Crippen LogP contribution in [0, 0.1) is 0 Å². The lowest BCUT2D eigenvalue weighted by atomic mass is 10.1. The molecule has 0 saturated carbocycles. The van der Waals surface area contributed by atoms with E-state index in [9.17, 15) is 4.79 Å². The smallest absolute Gasteiger partial charge is 0.229 e. The fraction of sp³-hybridized carbons (Fsp3) is 0.278.